The zero-order valence-corrected chi connectivity index (χ0v) is 18.2. The molecule has 0 spiro atoms. The van der Waals surface area contributed by atoms with E-state index in [-0.39, 0.29) is 5.04 Å². The molecule has 1 rings (SSSR count). The third kappa shape index (κ3) is 7.16. The first-order valence-electron chi connectivity index (χ1n) is 8.87. The molecular weight excluding hydrogens is 332 g/mol. The Morgan fingerprint density at radius 3 is 2.24 bits per heavy atom. The smallest absolute Gasteiger partial charge is 0.413 e. The fourth-order valence-corrected chi connectivity index (χ4v) is 2.83. The molecule has 0 saturated carbocycles. The first kappa shape index (κ1) is 21.6. The summed E-state index contributed by atoms with van der Waals surface area (Å²) in [6, 6.07) is 3.89. The summed E-state index contributed by atoms with van der Waals surface area (Å²) in [4.78, 5) is 16.4. The number of nitrogens with one attached hydrogen (secondary N) is 1. The predicted octanol–water partition coefficient (Wildman–Crippen LogP) is 5.51. The van der Waals surface area contributed by atoms with E-state index in [1.807, 2.05) is 39.8 Å². The van der Waals surface area contributed by atoms with E-state index >= 15 is 0 Å². The number of carbonyl (C=O) groups excluding carboxylic acids is 1. The van der Waals surface area contributed by atoms with E-state index in [0.717, 1.165) is 17.7 Å². The van der Waals surface area contributed by atoms with Crippen molar-refractivity contribution in [3.8, 4) is 0 Å². The summed E-state index contributed by atoms with van der Waals surface area (Å²) < 4.78 is 11.6. The molecule has 1 amide bonds. The van der Waals surface area contributed by atoms with Crippen molar-refractivity contribution in [2.75, 3.05) is 5.32 Å². The molecule has 1 aromatic rings. The van der Waals surface area contributed by atoms with E-state index < -0.39 is 20.0 Å². The summed E-state index contributed by atoms with van der Waals surface area (Å²) in [7, 11) is -1.83. The summed E-state index contributed by atoms with van der Waals surface area (Å²) in [5.74, 6) is 0.502. The van der Waals surface area contributed by atoms with Gasteiger partial charge in [0.25, 0.3) is 0 Å². The number of hydrogen-bond acceptors (Lipinski definition) is 4. The SMILES string of the molecule is CCc1cc(CO[Si](C)(C)C(C)(C)C)cc(NC(=O)OC(C)(C)C)n1. The number of nitrogens with zero attached hydrogens (tertiary/aromatic N) is 1. The van der Waals surface area contributed by atoms with Gasteiger partial charge in [-0.1, -0.05) is 27.7 Å². The van der Waals surface area contributed by atoms with Gasteiger partial charge < -0.3 is 9.16 Å². The molecular formula is C19H34N2O3Si. The number of aromatic nitrogens is 1. The van der Waals surface area contributed by atoms with E-state index in [0.29, 0.717) is 12.4 Å². The van der Waals surface area contributed by atoms with Crippen LogP contribution in [0.2, 0.25) is 18.1 Å². The largest absolute Gasteiger partial charge is 0.444 e. The molecule has 1 N–H and O–H groups in total. The van der Waals surface area contributed by atoms with Crippen molar-refractivity contribution in [1.82, 2.24) is 4.98 Å². The molecule has 0 aromatic carbocycles. The van der Waals surface area contributed by atoms with Gasteiger partial charge in [0.1, 0.15) is 11.4 Å². The van der Waals surface area contributed by atoms with Crippen molar-refractivity contribution in [3.63, 3.8) is 0 Å². The standard InChI is InChI=1S/C19H34N2O3Si/c1-10-15-11-14(13-23-25(8,9)19(5,6)7)12-16(20-15)21-17(22)24-18(2,3)4/h11-12H,10,13H2,1-9H3,(H,20,21,22). The van der Waals surface area contributed by atoms with Crippen LogP contribution in [0.25, 0.3) is 0 Å². The van der Waals surface area contributed by atoms with Crippen molar-refractivity contribution in [3.05, 3.63) is 23.4 Å². The first-order valence-corrected chi connectivity index (χ1v) is 11.8. The molecule has 0 aliphatic rings. The van der Waals surface area contributed by atoms with E-state index in [4.69, 9.17) is 9.16 Å². The van der Waals surface area contributed by atoms with Crippen LogP contribution < -0.4 is 5.32 Å². The van der Waals surface area contributed by atoms with Crippen LogP contribution in [0.4, 0.5) is 10.6 Å². The number of carbonyl (C=O) groups is 1. The topological polar surface area (TPSA) is 60.5 Å². The molecule has 0 aliphatic heterocycles. The van der Waals surface area contributed by atoms with E-state index in [2.05, 4.69) is 44.2 Å². The maximum atomic E-state index is 12.0. The van der Waals surface area contributed by atoms with Gasteiger partial charge in [0.15, 0.2) is 8.32 Å². The third-order valence-electron chi connectivity index (χ3n) is 4.34. The number of amides is 1. The molecule has 1 aromatic heterocycles. The van der Waals surface area contributed by atoms with Crippen LogP contribution in [0.3, 0.4) is 0 Å². The van der Waals surface area contributed by atoms with Gasteiger partial charge in [-0.05, 0) is 63.0 Å². The Labute approximate surface area is 153 Å². The van der Waals surface area contributed by atoms with Crippen molar-refractivity contribution >= 4 is 20.2 Å². The minimum Gasteiger partial charge on any atom is -0.444 e. The van der Waals surface area contributed by atoms with Crippen molar-refractivity contribution in [2.45, 2.75) is 85.2 Å². The Hall–Kier alpha value is -1.40. The van der Waals surface area contributed by atoms with Gasteiger partial charge >= 0.3 is 6.09 Å². The number of ether oxygens (including phenoxy) is 1. The second-order valence-electron chi connectivity index (χ2n) is 8.88. The van der Waals surface area contributed by atoms with Crippen LogP contribution in [0, 0.1) is 0 Å². The van der Waals surface area contributed by atoms with Gasteiger partial charge in [0.05, 0.1) is 6.61 Å². The predicted molar refractivity (Wildman–Crippen MR) is 105 cm³/mol. The van der Waals surface area contributed by atoms with Gasteiger partial charge in [-0.25, -0.2) is 9.78 Å². The minimum atomic E-state index is -1.83. The maximum Gasteiger partial charge on any atom is 0.413 e. The fourth-order valence-electron chi connectivity index (χ4n) is 1.87. The molecule has 6 heteroatoms. The summed E-state index contributed by atoms with van der Waals surface area (Å²) >= 11 is 0. The lowest BCUT2D eigenvalue weighted by atomic mass is 10.2. The molecule has 0 bridgehead atoms. The molecule has 25 heavy (non-hydrogen) atoms. The number of anilines is 1. The number of rotatable bonds is 5. The highest BCUT2D eigenvalue weighted by atomic mass is 28.4. The Bertz CT molecular complexity index is 602. The van der Waals surface area contributed by atoms with E-state index in [1.165, 1.54) is 0 Å². The van der Waals surface area contributed by atoms with Crippen LogP contribution in [-0.4, -0.2) is 25.0 Å². The monoisotopic (exact) mass is 366 g/mol. The number of hydrogen-bond donors (Lipinski definition) is 1. The Kier molecular flexibility index (Phi) is 6.81. The molecule has 0 saturated heterocycles. The molecule has 5 nitrogen and oxygen atoms in total. The molecule has 142 valence electrons. The van der Waals surface area contributed by atoms with Crippen molar-refractivity contribution in [2.24, 2.45) is 0 Å². The van der Waals surface area contributed by atoms with Gasteiger partial charge in [-0.2, -0.15) is 0 Å². The average molecular weight is 367 g/mol. The summed E-state index contributed by atoms with van der Waals surface area (Å²) in [6.07, 6.45) is 0.293. The van der Waals surface area contributed by atoms with E-state index in [1.54, 1.807) is 0 Å². The zero-order valence-electron chi connectivity index (χ0n) is 17.2. The highest BCUT2D eigenvalue weighted by molar-refractivity contribution is 6.74. The maximum absolute atomic E-state index is 12.0. The lowest BCUT2D eigenvalue weighted by Gasteiger charge is -2.36. The number of pyridine rings is 1. The van der Waals surface area contributed by atoms with Gasteiger partial charge in [0, 0.05) is 5.69 Å². The molecule has 0 aliphatic carbocycles. The van der Waals surface area contributed by atoms with E-state index in [9.17, 15) is 4.79 Å². The Morgan fingerprint density at radius 1 is 1.16 bits per heavy atom. The molecule has 0 fully saturated rings. The van der Waals surface area contributed by atoms with Crippen LogP contribution in [-0.2, 0) is 22.2 Å². The highest BCUT2D eigenvalue weighted by Gasteiger charge is 2.37. The Balaban J connectivity index is 2.90. The molecule has 1 heterocycles. The average Bonchev–Trinajstić information content (AvgIpc) is 2.41. The van der Waals surface area contributed by atoms with Crippen LogP contribution in [0.5, 0.6) is 0 Å². The quantitative estimate of drug-likeness (QED) is 0.698. The lowest BCUT2D eigenvalue weighted by molar-refractivity contribution is 0.0635. The van der Waals surface area contributed by atoms with Gasteiger partial charge in [-0.3, -0.25) is 5.32 Å². The molecule has 0 radical (unpaired) electrons. The summed E-state index contributed by atoms with van der Waals surface area (Å²) in [5.41, 5.74) is 1.39. The van der Waals surface area contributed by atoms with Crippen LogP contribution in [0.1, 0.15) is 59.7 Å². The lowest BCUT2D eigenvalue weighted by Crippen LogP contribution is -2.40. The Morgan fingerprint density at radius 2 is 1.76 bits per heavy atom. The zero-order chi connectivity index (χ0) is 19.5. The van der Waals surface area contributed by atoms with Crippen molar-refractivity contribution in [1.29, 1.82) is 0 Å². The molecule has 0 atom stereocenters. The van der Waals surface area contributed by atoms with Gasteiger partial charge in [-0.15, -0.1) is 0 Å². The second kappa shape index (κ2) is 7.87. The third-order valence-corrected chi connectivity index (χ3v) is 8.81. The highest BCUT2D eigenvalue weighted by Crippen LogP contribution is 2.37. The van der Waals surface area contributed by atoms with Gasteiger partial charge in [0.2, 0.25) is 0 Å². The molecule has 0 unspecified atom stereocenters. The summed E-state index contributed by atoms with van der Waals surface area (Å²) in [6.45, 7) is 19.2. The number of aryl methyl sites for hydroxylation is 1. The first-order chi connectivity index (χ1) is 11.2. The summed E-state index contributed by atoms with van der Waals surface area (Å²) in [5, 5.41) is 2.88. The second-order valence-corrected chi connectivity index (χ2v) is 13.7. The van der Waals surface area contributed by atoms with Crippen molar-refractivity contribution < 1.29 is 14.0 Å². The van der Waals surface area contributed by atoms with Crippen LogP contribution in [0.15, 0.2) is 12.1 Å². The normalized spacial score (nSPS) is 12.8. The minimum absolute atomic E-state index is 0.158. The fraction of sp³-hybridized carbons (Fsp3) is 0.684. The van der Waals surface area contributed by atoms with Crippen LogP contribution >= 0.6 is 0 Å².